The van der Waals surface area contributed by atoms with E-state index in [9.17, 15) is 13.2 Å². The van der Waals surface area contributed by atoms with Gasteiger partial charge in [0.2, 0.25) is 10.0 Å². The fourth-order valence-corrected chi connectivity index (χ4v) is 5.38. The predicted molar refractivity (Wildman–Crippen MR) is 122 cm³/mol. The quantitative estimate of drug-likeness (QED) is 0.609. The smallest absolute Gasteiger partial charge is 0.251 e. The van der Waals surface area contributed by atoms with Crippen molar-refractivity contribution in [2.24, 2.45) is 0 Å². The molecule has 2 aliphatic heterocycles. The highest BCUT2D eigenvalue weighted by molar-refractivity contribution is 7.89. The van der Waals surface area contributed by atoms with Gasteiger partial charge in [0.1, 0.15) is 12.4 Å². The van der Waals surface area contributed by atoms with Crippen LogP contribution in [0, 0.1) is 0 Å². The number of carbonyl (C=O) groups is 1. The van der Waals surface area contributed by atoms with E-state index in [0.29, 0.717) is 30.9 Å². The summed E-state index contributed by atoms with van der Waals surface area (Å²) >= 11 is 0. The van der Waals surface area contributed by atoms with Crippen molar-refractivity contribution in [2.45, 2.75) is 17.7 Å². The first-order valence-electron chi connectivity index (χ1n) is 11.0. The van der Waals surface area contributed by atoms with E-state index in [-0.39, 0.29) is 17.4 Å². The number of nitrogens with one attached hydrogen (secondary N) is 1. The van der Waals surface area contributed by atoms with E-state index < -0.39 is 10.0 Å². The number of nitrogens with zero attached hydrogens (tertiary/aromatic N) is 2. The molecule has 2 aromatic rings. The van der Waals surface area contributed by atoms with Gasteiger partial charge >= 0.3 is 0 Å². The summed E-state index contributed by atoms with van der Waals surface area (Å²) in [6, 6.07) is 14.0. The molecule has 172 valence electrons. The second-order valence-electron chi connectivity index (χ2n) is 7.83. The van der Waals surface area contributed by atoms with Crippen LogP contribution in [-0.2, 0) is 14.8 Å². The number of morpholine rings is 1. The Morgan fingerprint density at radius 1 is 0.938 bits per heavy atom. The first kappa shape index (κ1) is 22.6. The average molecular weight is 460 g/mol. The highest BCUT2D eigenvalue weighted by Gasteiger charge is 2.26. The highest BCUT2D eigenvalue weighted by Crippen LogP contribution is 2.23. The zero-order valence-electron chi connectivity index (χ0n) is 18.0. The Hall–Kier alpha value is -2.62. The number of sulfonamides is 1. The number of ether oxygens (including phenoxy) is 2. The largest absolute Gasteiger partial charge is 0.492 e. The van der Waals surface area contributed by atoms with Crippen molar-refractivity contribution in [1.82, 2.24) is 9.62 Å². The molecule has 0 unspecified atom stereocenters. The minimum atomic E-state index is -3.42. The molecular weight excluding hydrogens is 430 g/mol. The van der Waals surface area contributed by atoms with Crippen molar-refractivity contribution < 1.29 is 22.7 Å². The minimum Gasteiger partial charge on any atom is -0.492 e. The van der Waals surface area contributed by atoms with E-state index in [1.165, 1.54) is 4.31 Å². The molecule has 2 saturated heterocycles. The first-order chi connectivity index (χ1) is 15.5. The molecular formula is C23H29N3O5S. The number of rotatable bonds is 8. The summed E-state index contributed by atoms with van der Waals surface area (Å²) in [4.78, 5) is 14.9. The van der Waals surface area contributed by atoms with E-state index in [4.69, 9.17) is 9.47 Å². The summed E-state index contributed by atoms with van der Waals surface area (Å²) in [6.07, 6.45) is 1.81. The summed E-state index contributed by atoms with van der Waals surface area (Å²) in [5.74, 6) is 0.406. The third-order valence-electron chi connectivity index (χ3n) is 5.69. The molecule has 32 heavy (non-hydrogen) atoms. The lowest BCUT2D eigenvalue weighted by Crippen LogP contribution is -2.36. The van der Waals surface area contributed by atoms with Crippen LogP contribution in [0.15, 0.2) is 53.4 Å². The standard InChI is InChI=1S/C23H29N3O5S/c27-23(19-3-5-20(6-4-19)25-14-17-30-18-15-25)24-11-16-31-21-7-9-22(10-8-21)32(28,29)26-12-1-2-13-26/h3-10H,1-2,11-18H2,(H,24,27). The fraction of sp³-hybridized carbons (Fsp3) is 0.435. The average Bonchev–Trinajstić information content (AvgIpc) is 3.39. The van der Waals surface area contributed by atoms with Gasteiger partial charge in [0.25, 0.3) is 5.91 Å². The lowest BCUT2D eigenvalue weighted by atomic mass is 10.1. The summed E-state index contributed by atoms with van der Waals surface area (Å²) in [6.45, 7) is 4.95. The van der Waals surface area contributed by atoms with Crippen LogP contribution in [0.3, 0.4) is 0 Å². The van der Waals surface area contributed by atoms with Crippen LogP contribution in [0.2, 0.25) is 0 Å². The van der Waals surface area contributed by atoms with Crippen molar-refractivity contribution in [2.75, 3.05) is 57.4 Å². The Morgan fingerprint density at radius 3 is 2.25 bits per heavy atom. The highest BCUT2D eigenvalue weighted by atomic mass is 32.2. The maximum atomic E-state index is 12.6. The van der Waals surface area contributed by atoms with Gasteiger partial charge in [-0.15, -0.1) is 0 Å². The Morgan fingerprint density at radius 2 is 1.59 bits per heavy atom. The molecule has 4 rings (SSSR count). The molecule has 0 spiro atoms. The normalized spacial score (nSPS) is 17.3. The van der Waals surface area contributed by atoms with Gasteiger partial charge in [-0.1, -0.05) is 0 Å². The maximum absolute atomic E-state index is 12.6. The van der Waals surface area contributed by atoms with Crippen molar-refractivity contribution in [3.05, 3.63) is 54.1 Å². The van der Waals surface area contributed by atoms with Crippen LogP contribution < -0.4 is 15.0 Å². The maximum Gasteiger partial charge on any atom is 0.251 e. The lowest BCUT2D eigenvalue weighted by Gasteiger charge is -2.28. The first-order valence-corrected chi connectivity index (χ1v) is 12.4. The zero-order valence-corrected chi connectivity index (χ0v) is 18.9. The Bertz CT molecular complexity index is 997. The van der Waals surface area contributed by atoms with Crippen molar-refractivity contribution >= 4 is 21.6 Å². The van der Waals surface area contributed by atoms with Gasteiger partial charge in [-0.05, 0) is 61.4 Å². The molecule has 8 nitrogen and oxygen atoms in total. The van der Waals surface area contributed by atoms with Crippen LogP contribution in [0.4, 0.5) is 5.69 Å². The molecule has 9 heteroatoms. The number of carbonyl (C=O) groups excluding carboxylic acids is 1. The molecule has 1 N–H and O–H groups in total. The fourth-order valence-electron chi connectivity index (χ4n) is 3.87. The van der Waals surface area contributed by atoms with E-state index in [1.807, 2.05) is 24.3 Å². The SMILES string of the molecule is O=C(NCCOc1ccc(S(=O)(=O)N2CCCC2)cc1)c1ccc(N2CCOCC2)cc1. The summed E-state index contributed by atoms with van der Waals surface area (Å²) in [5, 5.41) is 2.84. The molecule has 2 heterocycles. The minimum absolute atomic E-state index is 0.158. The summed E-state index contributed by atoms with van der Waals surface area (Å²) in [5.41, 5.74) is 1.68. The van der Waals surface area contributed by atoms with E-state index in [2.05, 4.69) is 10.2 Å². The lowest BCUT2D eigenvalue weighted by molar-refractivity contribution is 0.0947. The van der Waals surface area contributed by atoms with Crippen LogP contribution in [0.1, 0.15) is 23.2 Å². The molecule has 2 aromatic carbocycles. The van der Waals surface area contributed by atoms with Gasteiger partial charge in [0.15, 0.2) is 0 Å². The molecule has 0 radical (unpaired) electrons. The molecule has 0 atom stereocenters. The number of benzene rings is 2. The number of anilines is 1. The Balaban J connectivity index is 1.22. The van der Waals surface area contributed by atoms with Crippen LogP contribution in [0.5, 0.6) is 5.75 Å². The molecule has 0 bridgehead atoms. The Labute approximate surface area is 189 Å². The third kappa shape index (κ3) is 5.40. The predicted octanol–water partition coefficient (Wildman–Crippen LogP) is 2.12. The second-order valence-corrected chi connectivity index (χ2v) is 9.77. The molecule has 0 aliphatic carbocycles. The van der Waals surface area contributed by atoms with Crippen LogP contribution in [-0.4, -0.2) is 71.2 Å². The van der Waals surface area contributed by atoms with E-state index in [0.717, 1.165) is 44.8 Å². The van der Waals surface area contributed by atoms with Gasteiger partial charge < -0.3 is 19.7 Å². The molecule has 2 fully saturated rings. The third-order valence-corrected chi connectivity index (χ3v) is 7.60. The van der Waals surface area contributed by atoms with Crippen molar-refractivity contribution in [1.29, 1.82) is 0 Å². The number of hydrogen-bond acceptors (Lipinski definition) is 6. The van der Waals surface area contributed by atoms with Gasteiger partial charge in [-0.25, -0.2) is 8.42 Å². The number of hydrogen-bond donors (Lipinski definition) is 1. The topological polar surface area (TPSA) is 88.2 Å². The van der Waals surface area contributed by atoms with Gasteiger partial charge in [0.05, 0.1) is 24.7 Å². The molecule has 1 amide bonds. The van der Waals surface area contributed by atoms with Crippen LogP contribution in [0.25, 0.3) is 0 Å². The van der Waals surface area contributed by atoms with Gasteiger partial charge in [0, 0.05) is 37.4 Å². The van der Waals surface area contributed by atoms with Crippen LogP contribution >= 0.6 is 0 Å². The van der Waals surface area contributed by atoms with Crippen molar-refractivity contribution in [3.8, 4) is 5.75 Å². The van der Waals surface area contributed by atoms with Gasteiger partial charge in [-0.2, -0.15) is 4.31 Å². The summed E-state index contributed by atoms with van der Waals surface area (Å²) < 4.78 is 37.6. The van der Waals surface area contributed by atoms with Gasteiger partial charge in [-0.3, -0.25) is 4.79 Å². The van der Waals surface area contributed by atoms with E-state index >= 15 is 0 Å². The second kappa shape index (κ2) is 10.3. The monoisotopic (exact) mass is 459 g/mol. The molecule has 0 aromatic heterocycles. The van der Waals surface area contributed by atoms with E-state index in [1.54, 1.807) is 24.3 Å². The zero-order chi connectivity index (χ0) is 22.4. The summed E-state index contributed by atoms with van der Waals surface area (Å²) in [7, 11) is -3.42. The molecule has 2 aliphatic rings. The van der Waals surface area contributed by atoms with Crippen molar-refractivity contribution in [3.63, 3.8) is 0 Å². The number of amides is 1. The molecule has 0 saturated carbocycles. The Kier molecular flexibility index (Phi) is 7.29.